The molecule has 3 rings (SSSR count). The molecule has 0 saturated carbocycles. The van der Waals surface area contributed by atoms with Crippen LogP contribution < -0.4 is 10.2 Å². The van der Waals surface area contributed by atoms with E-state index < -0.39 is 0 Å². The number of halogens is 2. The van der Waals surface area contributed by atoms with Gasteiger partial charge in [0.2, 0.25) is 5.91 Å². The minimum absolute atomic E-state index is 0.156. The van der Waals surface area contributed by atoms with Crippen LogP contribution >= 0.6 is 34.2 Å². The maximum Gasteiger partial charge on any atom is 0.243 e. The van der Waals surface area contributed by atoms with Crippen molar-refractivity contribution < 1.29 is 4.79 Å². The monoisotopic (exact) mass is 512 g/mol. The van der Waals surface area contributed by atoms with Crippen molar-refractivity contribution in [3.05, 3.63) is 38.3 Å². The molecule has 0 aliphatic carbocycles. The average molecular weight is 513 g/mol. The van der Waals surface area contributed by atoms with Crippen LogP contribution in [0.4, 0.5) is 11.5 Å². The molecule has 28 heavy (non-hydrogen) atoms. The number of carbonyl (C=O) groups excluding carboxylic acids is 1. The van der Waals surface area contributed by atoms with Crippen molar-refractivity contribution in [1.82, 2.24) is 19.7 Å². The lowest BCUT2D eigenvalue weighted by atomic mass is 9.99. The number of aryl methyl sites for hydroxylation is 2. The van der Waals surface area contributed by atoms with Crippen molar-refractivity contribution in [3.8, 4) is 0 Å². The summed E-state index contributed by atoms with van der Waals surface area (Å²) in [6, 6.07) is 5.44. The molecule has 0 unspecified atom stereocenters. The van der Waals surface area contributed by atoms with E-state index in [-0.39, 0.29) is 12.5 Å². The molecule has 0 aliphatic heterocycles. The predicted molar refractivity (Wildman–Crippen MR) is 121 cm³/mol. The summed E-state index contributed by atoms with van der Waals surface area (Å²) in [7, 11) is 3.74. The van der Waals surface area contributed by atoms with Crippen molar-refractivity contribution in [2.45, 2.75) is 26.7 Å². The lowest BCUT2D eigenvalue weighted by molar-refractivity contribution is -0.114. The van der Waals surface area contributed by atoms with Gasteiger partial charge in [0.15, 0.2) is 5.65 Å². The topological polar surface area (TPSA) is 75.9 Å². The molecule has 1 amide bonds. The zero-order valence-corrected chi connectivity index (χ0v) is 19.3. The van der Waals surface area contributed by atoms with Crippen LogP contribution in [0.15, 0.2) is 18.2 Å². The van der Waals surface area contributed by atoms with Gasteiger partial charge in [0.25, 0.3) is 0 Å². The number of likely N-dealkylation sites (N-methyl/N-ethyl adjacent to an activating group) is 1. The molecule has 0 atom stereocenters. The first-order valence-electron chi connectivity index (χ1n) is 8.84. The highest BCUT2D eigenvalue weighted by Crippen LogP contribution is 2.30. The van der Waals surface area contributed by atoms with Gasteiger partial charge in [0.05, 0.1) is 12.2 Å². The van der Waals surface area contributed by atoms with Crippen LogP contribution in [0.3, 0.4) is 0 Å². The third kappa shape index (κ3) is 4.38. The minimum Gasteiger partial charge on any atom is -0.350 e. The van der Waals surface area contributed by atoms with Crippen molar-refractivity contribution >= 4 is 62.6 Å². The van der Waals surface area contributed by atoms with Gasteiger partial charge in [-0.15, -0.1) is 0 Å². The zero-order valence-electron chi connectivity index (χ0n) is 16.4. The maximum absolute atomic E-state index is 12.5. The number of rotatable bonds is 5. The first kappa shape index (κ1) is 20.8. The molecule has 9 heteroatoms. The van der Waals surface area contributed by atoms with Crippen LogP contribution in [0, 0.1) is 10.6 Å². The number of hydrogen-bond donors (Lipinski definition) is 1. The number of amides is 1. The predicted octanol–water partition coefficient (Wildman–Crippen LogP) is 4.13. The molecule has 0 aromatic carbocycles. The van der Waals surface area contributed by atoms with Crippen LogP contribution in [0.25, 0.3) is 11.0 Å². The Morgan fingerprint density at radius 2 is 2.04 bits per heavy atom. The summed E-state index contributed by atoms with van der Waals surface area (Å²) < 4.78 is 2.50. The average Bonchev–Trinajstić information content (AvgIpc) is 2.87. The SMILES string of the molecule is Cc1nn(C)c2nc(N(C)CC(=O)Nc3cc(Cl)nc(I)c3)cc(C(C)C)c12. The van der Waals surface area contributed by atoms with E-state index in [4.69, 9.17) is 16.6 Å². The second kappa shape index (κ2) is 8.20. The van der Waals surface area contributed by atoms with E-state index in [1.807, 2.05) is 32.0 Å². The second-order valence-corrected chi connectivity index (χ2v) is 8.53. The molecule has 0 spiro atoms. The standard InChI is InChI=1S/C19H22ClIN6O/c1-10(2)13-8-16(24-19-18(13)11(3)25-27(19)5)26(4)9-17(28)22-12-6-14(20)23-15(21)7-12/h6-8,10H,9H2,1-5H3,(H,22,23,28). The number of nitrogens with one attached hydrogen (secondary N) is 1. The van der Waals surface area contributed by atoms with Crippen LogP contribution in [0.5, 0.6) is 0 Å². The summed E-state index contributed by atoms with van der Waals surface area (Å²) in [5.74, 6) is 0.891. The first-order chi connectivity index (χ1) is 13.2. The molecule has 7 nitrogen and oxygen atoms in total. The fourth-order valence-electron chi connectivity index (χ4n) is 3.15. The van der Waals surface area contributed by atoms with Crippen LogP contribution in [0.1, 0.15) is 31.0 Å². The Kier molecular flexibility index (Phi) is 6.09. The van der Waals surface area contributed by atoms with E-state index in [1.165, 1.54) is 5.56 Å². The molecule has 3 aromatic rings. The Hall–Kier alpha value is -1.94. The summed E-state index contributed by atoms with van der Waals surface area (Å²) in [6.45, 7) is 6.44. The molecule has 0 fully saturated rings. The first-order valence-corrected chi connectivity index (χ1v) is 10.3. The summed E-state index contributed by atoms with van der Waals surface area (Å²) in [6.07, 6.45) is 0. The summed E-state index contributed by atoms with van der Waals surface area (Å²) >= 11 is 8.02. The van der Waals surface area contributed by atoms with Crippen LogP contribution in [-0.2, 0) is 11.8 Å². The molecule has 0 aliphatic rings. The van der Waals surface area contributed by atoms with Gasteiger partial charge in [0, 0.05) is 25.2 Å². The second-order valence-electron chi connectivity index (χ2n) is 7.04. The lowest BCUT2D eigenvalue weighted by Gasteiger charge is -2.20. The quantitative estimate of drug-likeness (QED) is 0.411. The number of aromatic nitrogens is 4. The van der Waals surface area contributed by atoms with Gasteiger partial charge < -0.3 is 10.2 Å². The Balaban J connectivity index is 1.85. The Labute approximate surface area is 182 Å². The fourth-order valence-corrected chi connectivity index (χ4v) is 4.10. The highest BCUT2D eigenvalue weighted by atomic mass is 127. The number of fused-ring (bicyclic) bond motifs is 1. The van der Waals surface area contributed by atoms with Gasteiger partial charge in [-0.2, -0.15) is 5.10 Å². The van der Waals surface area contributed by atoms with Crippen molar-refractivity contribution in [2.75, 3.05) is 23.8 Å². The van der Waals surface area contributed by atoms with Crippen LogP contribution in [-0.4, -0.2) is 39.2 Å². The molecule has 3 aromatic heterocycles. The largest absolute Gasteiger partial charge is 0.350 e. The fraction of sp³-hybridized carbons (Fsp3) is 0.368. The number of anilines is 2. The normalized spacial score (nSPS) is 11.3. The number of carbonyl (C=O) groups is 1. The smallest absolute Gasteiger partial charge is 0.243 e. The van der Waals surface area contributed by atoms with Crippen molar-refractivity contribution in [2.24, 2.45) is 7.05 Å². The Morgan fingerprint density at radius 1 is 1.32 bits per heavy atom. The van der Waals surface area contributed by atoms with E-state index in [0.717, 1.165) is 22.5 Å². The maximum atomic E-state index is 12.5. The molecule has 148 valence electrons. The molecule has 1 N–H and O–H groups in total. The number of pyridine rings is 2. The van der Waals surface area contributed by atoms with E-state index in [0.29, 0.717) is 20.5 Å². The van der Waals surface area contributed by atoms with E-state index in [1.54, 1.807) is 16.8 Å². The summed E-state index contributed by atoms with van der Waals surface area (Å²) in [5.41, 5.74) is 3.58. The van der Waals surface area contributed by atoms with Crippen molar-refractivity contribution in [1.29, 1.82) is 0 Å². The van der Waals surface area contributed by atoms with Gasteiger partial charge in [-0.25, -0.2) is 9.97 Å². The van der Waals surface area contributed by atoms with Crippen molar-refractivity contribution in [3.63, 3.8) is 0 Å². The molecular formula is C19H22ClIN6O. The molecule has 0 saturated heterocycles. The third-order valence-corrected chi connectivity index (χ3v) is 5.17. The lowest BCUT2D eigenvalue weighted by Crippen LogP contribution is -2.30. The van der Waals surface area contributed by atoms with E-state index in [2.05, 4.69) is 51.8 Å². The van der Waals surface area contributed by atoms with Gasteiger partial charge in [-0.05, 0) is 59.2 Å². The van der Waals surface area contributed by atoms with Crippen LogP contribution in [0.2, 0.25) is 5.15 Å². The molecule has 0 bridgehead atoms. The highest BCUT2D eigenvalue weighted by Gasteiger charge is 2.18. The Morgan fingerprint density at radius 3 is 2.68 bits per heavy atom. The summed E-state index contributed by atoms with van der Waals surface area (Å²) in [5, 5.41) is 8.79. The van der Waals surface area contributed by atoms with E-state index in [9.17, 15) is 4.79 Å². The molecule has 0 radical (unpaired) electrons. The minimum atomic E-state index is -0.158. The molecular weight excluding hydrogens is 491 g/mol. The van der Waals surface area contributed by atoms with Gasteiger partial charge in [-0.3, -0.25) is 9.48 Å². The van der Waals surface area contributed by atoms with Gasteiger partial charge >= 0.3 is 0 Å². The number of hydrogen-bond acceptors (Lipinski definition) is 5. The van der Waals surface area contributed by atoms with Gasteiger partial charge in [-0.1, -0.05) is 25.4 Å². The van der Waals surface area contributed by atoms with E-state index >= 15 is 0 Å². The molecule has 3 heterocycles. The highest BCUT2D eigenvalue weighted by molar-refractivity contribution is 14.1. The zero-order chi connectivity index (χ0) is 20.6. The summed E-state index contributed by atoms with van der Waals surface area (Å²) in [4.78, 5) is 23.2. The number of nitrogens with zero attached hydrogens (tertiary/aromatic N) is 5. The third-order valence-electron chi connectivity index (χ3n) is 4.43. The Bertz CT molecular complexity index is 1030. The van der Waals surface area contributed by atoms with Gasteiger partial charge in [0.1, 0.15) is 14.7 Å².